The molecule has 0 aliphatic carbocycles. The summed E-state index contributed by atoms with van der Waals surface area (Å²) in [5, 5.41) is 0. The highest BCUT2D eigenvalue weighted by molar-refractivity contribution is 9.09. The summed E-state index contributed by atoms with van der Waals surface area (Å²) < 4.78 is 26.1. The smallest absolute Gasteiger partial charge is 0.211 e. The van der Waals surface area contributed by atoms with Crippen molar-refractivity contribution in [1.29, 1.82) is 0 Å². The number of rotatable bonds is 5. The van der Waals surface area contributed by atoms with Crippen molar-refractivity contribution in [2.75, 3.05) is 6.54 Å². The second-order valence-corrected chi connectivity index (χ2v) is 8.56. The van der Waals surface area contributed by atoms with E-state index in [1.54, 1.807) is 19.1 Å². The van der Waals surface area contributed by atoms with Gasteiger partial charge in [0.05, 0.1) is 4.90 Å². The van der Waals surface area contributed by atoms with Crippen LogP contribution in [0.1, 0.15) is 33.3 Å². The predicted molar refractivity (Wildman–Crippen MR) is 83.2 cm³/mol. The molecule has 0 heterocycles. The molecule has 0 aromatic heterocycles. The Hall–Kier alpha value is -0.390. The van der Waals surface area contributed by atoms with Crippen molar-refractivity contribution in [2.45, 2.75) is 43.8 Å². The molecule has 0 aliphatic heterocycles. The van der Waals surface area contributed by atoms with Gasteiger partial charge < -0.3 is 0 Å². The molecule has 0 saturated heterocycles. The van der Waals surface area contributed by atoms with Crippen LogP contribution in [0.25, 0.3) is 0 Å². The van der Waals surface area contributed by atoms with E-state index in [1.807, 2.05) is 12.1 Å². The van der Waals surface area contributed by atoms with Gasteiger partial charge in [-0.1, -0.05) is 55.8 Å². The zero-order chi connectivity index (χ0) is 14.7. The fourth-order valence-corrected chi connectivity index (χ4v) is 3.01. The van der Waals surface area contributed by atoms with E-state index in [-0.39, 0.29) is 5.41 Å². The van der Waals surface area contributed by atoms with E-state index < -0.39 is 10.0 Å². The van der Waals surface area contributed by atoms with Crippen molar-refractivity contribution in [3.8, 4) is 0 Å². The number of hydrogen-bond donors (Lipinski definition) is 1. The number of nitrogens with one attached hydrogen (secondary N) is 1. The topological polar surface area (TPSA) is 46.2 Å². The quantitative estimate of drug-likeness (QED) is 0.830. The van der Waals surface area contributed by atoms with Crippen molar-refractivity contribution in [2.24, 2.45) is 5.41 Å². The molecule has 1 aromatic rings. The molecule has 1 aromatic carbocycles. The van der Waals surface area contributed by atoms with Crippen LogP contribution in [0.4, 0.5) is 0 Å². The van der Waals surface area contributed by atoms with Crippen LogP contribution in [0, 0.1) is 5.41 Å². The van der Waals surface area contributed by atoms with E-state index in [2.05, 4.69) is 41.4 Å². The Bertz CT molecular complexity index is 503. The van der Waals surface area contributed by atoms with Gasteiger partial charge in [0.25, 0.3) is 0 Å². The lowest BCUT2D eigenvalue weighted by Gasteiger charge is -2.25. The van der Waals surface area contributed by atoms with E-state index >= 15 is 0 Å². The fourth-order valence-electron chi connectivity index (χ4n) is 1.59. The molecule has 1 rings (SSSR count). The van der Waals surface area contributed by atoms with Gasteiger partial charge in [-0.2, -0.15) is 0 Å². The molecule has 19 heavy (non-hydrogen) atoms. The van der Waals surface area contributed by atoms with Crippen molar-refractivity contribution in [3.05, 3.63) is 29.8 Å². The molecule has 108 valence electrons. The van der Waals surface area contributed by atoms with Crippen LogP contribution in [0.2, 0.25) is 0 Å². The summed E-state index contributed by atoms with van der Waals surface area (Å²) in [6.07, 6.45) is 0.880. The molecule has 0 amide bonds. The predicted octanol–water partition coefficient (Wildman–Crippen LogP) is 3.34. The maximum atomic E-state index is 11.8. The van der Waals surface area contributed by atoms with Crippen LogP contribution in [-0.4, -0.2) is 19.8 Å². The van der Waals surface area contributed by atoms with Gasteiger partial charge in [0.1, 0.15) is 0 Å². The van der Waals surface area contributed by atoms with E-state index in [4.69, 9.17) is 0 Å². The van der Waals surface area contributed by atoms with E-state index in [9.17, 15) is 8.42 Å². The van der Waals surface area contributed by atoms with Crippen LogP contribution in [0.3, 0.4) is 0 Å². The molecule has 0 radical (unpaired) electrons. The van der Waals surface area contributed by atoms with Gasteiger partial charge in [-0.3, -0.25) is 0 Å². The first-order valence-electron chi connectivity index (χ1n) is 6.39. The molecular formula is C14H22BrNO2S. The third-order valence-corrected chi connectivity index (χ3v) is 6.18. The number of alkyl halides is 1. The minimum absolute atomic E-state index is 0.175. The Balaban J connectivity index is 2.83. The summed E-state index contributed by atoms with van der Waals surface area (Å²) in [5.74, 6) is 0. The first kappa shape index (κ1) is 16.7. The average Bonchev–Trinajstić information content (AvgIpc) is 2.28. The van der Waals surface area contributed by atoms with Crippen LogP contribution in [-0.2, 0) is 16.4 Å². The largest absolute Gasteiger partial charge is 0.240 e. The number of halogens is 1. The fraction of sp³-hybridized carbons (Fsp3) is 0.571. The van der Waals surface area contributed by atoms with E-state index in [1.165, 1.54) is 0 Å². The van der Waals surface area contributed by atoms with Crippen LogP contribution >= 0.6 is 15.9 Å². The maximum absolute atomic E-state index is 11.8. The van der Waals surface area contributed by atoms with Crippen LogP contribution in [0.15, 0.2) is 29.2 Å². The van der Waals surface area contributed by atoms with E-state index in [0.29, 0.717) is 16.3 Å². The van der Waals surface area contributed by atoms with E-state index in [0.717, 1.165) is 12.0 Å². The van der Waals surface area contributed by atoms with Gasteiger partial charge in [0.15, 0.2) is 0 Å². The monoisotopic (exact) mass is 347 g/mol. The number of benzene rings is 1. The highest BCUT2D eigenvalue weighted by Crippen LogP contribution is 2.29. The summed E-state index contributed by atoms with van der Waals surface area (Å²) >= 11 is 3.69. The molecule has 0 spiro atoms. The Labute approximate surface area is 125 Å². The van der Waals surface area contributed by atoms with Crippen molar-refractivity contribution >= 4 is 26.0 Å². The number of hydrogen-bond acceptors (Lipinski definition) is 2. The molecule has 5 heteroatoms. The van der Waals surface area contributed by atoms with Crippen LogP contribution < -0.4 is 4.72 Å². The normalized spacial score (nSPS) is 14.4. The van der Waals surface area contributed by atoms with Gasteiger partial charge in [-0.15, -0.1) is 0 Å². The second kappa shape index (κ2) is 6.37. The first-order valence-corrected chi connectivity index (χ1v) is 8.79. The summed E-state index contributed by atoms with van der Waals surface area (Å²) in [7, 11) is -3.35. The van der Waals surface area contributed by atoms with Gasteiger partial charge in [0.2, 0.25) is 10.0 Å². The Morgan fingerprint density at radius 1 is 1.21 bits per heavy atom. The molecule has 0 saturated carbocycles. The third-order valence-electron chi connectivity index (χ3n) is 2.92. The van der Waals surface area contributed by atoms with Crippen molar-refractivity contribution < 1.29 is 8.42 Å². The van der Waals surface area contributed by atoms with Crippen molar-refractivity contribution in [1.82, 2.24) is 4.72 Å². The average molecular weight is 348 g/mol. The lowest BCUT2D eigenvalue weighted by atomic mass is 9.88. The van der Waals surface area contributed by atoms with Gasteiger partial charge in [0, 0.05) is 11.4 Å². The lowest BCUT2D eigenvalue weighted by molar-refractivity contribution is 0.398. The van der Waals surface area contributed by atoms with Gasteiger partial charge in [-0.25, -0.2) is 13.1 Å². The lowest BCUT2D eigenvalue weighted by Crippen LogP contribution is -2.23. The summed E-state index contributed by atoms with van der Waals surface area (Å²) in [4.78, 5) is 0.677. The minimum Gasteiger partial charge on any atom is -0.211 e. The zero-order valence-corrected chi connectivity index (χ0v) is 14.3. The second-order valence-electron chi connectivity index (χ2n) is 5.68. The zero-order valence-electron chi connectivity index (χ0n) is 11.9. The Morgan fingerprint density at radius 2 is 1.74 bits per heavy atom. The molecule has 1 unspecified atom stereocenters. The molecule has 1 N–H and O–H groups in total. The molecular weight excluding hydrogens is 326 g/mol. The molecule has 0 bridgehead atoms. The Kier molecular flexibility index (Phi) is 5.59. The first-order chi connectivity index (χ1) is 8.66. The number of sulfonamides is 1. The summed E-state index contributed by atoms with van der Waals surface area (Å²) in [5.41, 5.74) is 1.31. The standard InChI is InChI=1S/C14H22BrNO2S/c1-5-16-19(17,18)12-8-6-11(7-9-12)10-13(15)14(2,3)4/h6-9,13,16H,5,10H2,1-4H3. The Morgan fingerprint density at radius 3 is 2.16 bits per heavy atom. The minimum atomic E-state index is -3.35. The molecule has 0 fully saturated rings. The SMILES string of the molecule is CCNS(=O)(=O)c1ccc(CC(Br)C(C)(C)C)cc1. The highest BCUT2D eigenvalue weighted by Gasteiger charge is 2.22. The maximum Gasteiger partial charge on any atom is 0.240 e. The molecule has 3 nitrogen and oxygen atoms in total. The van der Waals surface area contributed by atoms with Crippen LogP contribution in [0.5, 0.6) is 0 Å². The highest BCUT2D eigenvalue weighted by atomic mass is 79.9. The van der Waals surface area contributed by atoms with Crippen molar-refractivity contribution in [3.63, 3.8) is 0 Å². The summed E-state index contributed by atoms with van der Waals surface area (Å²) in [6, 6.07) is 7.08. The molecule has 0 aliphatic rings. The third kappa shape index (κ3) is 4.89. The van der Waals surface area contributed by atoms with Gasteiger partial charge in [-0.05, 0) is 29.5 Å². The van der Waals surface area contributed by atoms with Gasteiger partial charge >= 0.3 is 0 Å². The molecule has 1 atom stereocenters. The summed E-state index contributed by atoms with van der Waals surface area (Å²) in [6.45, 7) is 8.70.